The first-order valence-electron chi connectivity index (χ1n) is 10.3. The largest absolute Gasteiger partial charge is 0.395 e. The van der Waals surface area contributed by atoms with Gasteiger partial charge in [0.15, 0.2) is 5.82 Å². The predicted molar refractivity (Wildman–Crippen MR) is 117 cm³/mol. The van der Waals surface area contributed by atoms with E-state index in [1.165, 1.54) is 11.1 Å². The molecule has 0 radical (unpaired) electrons. The van der Waals surface area contributed by atoms with Crippen molar-refractivity contribution in [1.82, 2.24) is 14.9 Å². The molecule has 6 nitrogen and oxygen atoms in total. The third-order valence-corrected chi connectivity index (χ3v) is 5.50. The van der Waals surface area contributed by atoms with Crippen LogP contribution in [0.25, 0.3) is 11.4 Å². The summed E-state index contributed by atoms with van der Waals surface area (Å²) in [5.41, 5.74) is 4.96. The van der Waals surface area contributed by atoms with Gasteiger partial charge in [0.1, 0.15) is 0 Å². The van der Waals surface area contributed by atoms with Crippen LogP contribution in [0, 0.1) is 6.92 Å². The van der Waals surface area contributed by atoms with Gasteiger partial charge in [-0.25, -0.2) is 14.8 Å². The average Bonchev–Trinajstić information content (AvgIpc) is 2.77. The van der Waals surface area contributed by atoms with E-state index in [4.69, 9.17) is 0 Å². The van der Waals surface area contributed by atoms with E-state index in [0.717, 1.165) is 30.5 Å². The van der Waals surface area contributed by atoms with Crippen molar-refractivity contribution >= 4 is 11.7 Å². The van der Waals surface area contributed by atoms with Crippen LogP contribution in [0.1, 0.15) is 35.7 Å². The molecule has 0 aliphatic heterocycles. The molecule has 1 atom stereocenters. The number of benzene rings is 2. The fraction of sp³-hybridized carbons (Fsp3) is 0.292. The number of aliphatic hydroxyl groups is 1. The number of carbonyl (C=O) groups excluding carboxylic acids is 1. The summed E-state index contributed by atoms with van der Waals surface area (Å²) in [6.07, 6.45) is 4.70. The molecule has 4 rings (SSSR count). The SMILES string of the molecule is Cc1ccnc(-c2ccc(NC(=O)N(CCO)C3CCCc4ccccc43)cc2)n1. The zero-order valence-electron chi connectivity index (χ0n) is 17.1. The maximum Gasteiger partial charge on any atom is 0.322 e. The Balaban J connectivity index is 1.51. The minimum absolute atomic E-state index is 0.0259. The first-order chi connectivity index (χ1) is 14.7. The summed E-state index contributed by atoms with van der Waals surface area (Å²) in [5.74, 6) is 0.661. The van der Waals surface area contributed by atoms with Gasteiger partial charge >= 0.3 is 6.03 Å². The van der Waals surface area contributed by atoms with E-state index in [9.17, 15) is 9.90 Å². The van der Waals surface area contributed by atoms with Crippen molar-refractivity contribution < 1.29 is 9.90 Å². The molecule has 1 aromatic heterocycles. The Labute approximate surface area is 176 Å². The first kappa shape index (κ1) is 20.0. The lowest BCUT2D eigenvalue weighted by Crippen LogP contribution is -2.41. The topological polar surface area (TPSA) is 78.4 Å². The monoisotopic (exact) mass is 402 g/mol. The van der Waals surface area contributed by atoms with Crippen LogP contribution in [0.5, 0.6) is 0 Å². The molecule has 6 heteroatoms. The summed E-state index contributed by atoms with van der Waals surface area (Å²) in [6, 6.07) is 17.4. The van der Waals surface area contributed by atoms with Gasteiger partial charge in [-0.2, -0.15) is 0 Å². The number of nitrogens with one attached hydrogen (secondary N) is 1. The minimum Gasteiger partial charge on any atom is -0.395 e. The predicted octanol–water partition coefficient (Wildman–Crippen LogP) is 4.36. The van der Waals surface area contributed by atoms with Crippen LogP contribution in [0.4, 0.5) is 10.5 Å². The molecule has 0 bridgehead atoms. The molecule has 0 spiro atoms. The van der Waals surface area contributed by atoms with Crippen molar-refractivity contribution in [3.63, 3.8) is 0 Å². The number of urea groups is 1. The van der Waals surface area contributed by atoms with Crippen LogP contribution in [0.15, 0.2) is 60.8 Å². The van der Waals surface area contributed by atoms with Gasteiger partial charge in [-0.15, -0.1) is 0 Å². The molecule has 1 aliphatic carbocycles. The standard InChI is InChI=1S/C24H26N4O2/c1-17-13-14-25-23(26-17)19-9-11-20(12-10-19)27-24(30)28(15-16-29)22-8-4-6-18-5-2-3-7-21(18)22/h2-3,5,7,9-14,22,29H,4,6,8,15-16H2,1H3,(H,27,30). The van der Waals surface area contributed by atoms with Crippen molar-refractivity contribution in [2.45, 2.75) is 32.2 Å². The number of nitrogens with zero attached hydrogens (tertiary/aromatic N) is 3. The van der Waals surface area contributed by atoms with Gasteiger partial charge in [-0.1, -0.05) is 24.3 Å². The first-order valence-corrected chi connectivity index (χ1v) is 10.3. The van der Waals surface area contributed by atoms with Crippen molar-refractivity contribution in [1.29, 1.82) is 0 Å². The summed E-state index contributed by atoms with van der Waals surface area (Å²) in [7, 11) is 0. The molecule has 1 aliphatic rings. The Morgan fingerprint density at radius 2 is 1.97 bits per heavy atom. The lowest BCUT2D eigenvalue weighted by molar-refractivity contribution is 0.155. The van der Waals surface area contributed by atoms with E-state index in [0.29, 0.717) is 18.1 Å². The number of anilines is 1. The molecule has 3 aromatic rings. The molecule has 154 valence electrons. The number of amides is 2. The van der Waals surface area contributed by atoms with Crippen molar-refractivity contribution in [3.05, 3.63) is 77.6 Å². The molecule has 2 aromatic carbocycles. The quantitative estimate of drug-likeness (QED) is 0.665. The fourth-order valence-corrected chi connectivity index (χ4v) is 4.04. The zero-order valence-corrected chi connectivity index (χ0v) is 17.1. The Morgan fingerprint density at radius 3 is 2.73 bits per heavy atom. The number of fused-ring (bicyclic) bond motifs is 1. The summed E-state index contributed by atoms with van der Waals surface area (Å²) in [5, 5.41) is 12.6. The number of aliphatic hydroxyl groups excluding tert-OH is 1. The van der Waals surface area contributed by atoms with E-state index in [1.807, 2.05) is 49.4 Å². The molecule has 1 unspecified atom stereocenters. The highest BCUT2D eigenvalue weighted by molar-refractivity contribution is 5.90. The highest BCUT2D eigenvalue weighted by Gasteiger charge is 2.28. The molecule has 1 heterocycles. The zero-order chi connectivity index (χ0) is 20.9. The number of aromatic nitrogens is 2. The smallest absolute Gasteiger partial charge is 0.322 e. The van der Waals surface area contributed by atoms with Gasteiger partial charge < -0.3 is 15.3 Å². The van der Waals surface area contributed by atoms with Gasteiger partial charge in [0, 0.05) is 29.7 Å². The summed E-state index contributed by atoms with van der Waals surface area (Å²) in [6.45, 7) is 2.15. The van der Waals surface area contributed by atoms with Crippen LogP contribution in [-0.2, 0) is 6.42 Å². The summed E-state index contributed by atoms with van der Waals surface area (Å²) < 4.78 is 0. The second-order valence-electron chi connectivity index (χ2n) is 7.55. The Morgan fingerprint density at radius 1 is 1.17 bits per heavy atom. The normalized spacial score (nSPS) is 15.3. The second-order valence-corrected chi connectivity index (χ2v) is 7.55. The van der Waals surface area contributed by atoms with Crippen molar-refractivity contribution in [2.24, 2.45) is 0 Å². The Kier molecular flexibility index (Phi) is 6.05. The second kappa shape index (κ2) is 9.05. The number of rotatable bonds is 5. The van der Waals surface area contributed by atoms with Gasteiger partial charge in [0.2, 0.25) is 0 Å². The Bertz CT molecular complexity index is 1020. The van der Waals surface area contributed by atoms with Gasteiger partial charge in [0.05, 0.1) is 12.6 Å². The summed E-state index contributed by atoms with van der Waals surface area (Å²) in [4.78, 5) is 23.6. The van der Waals surface area contributed by atoms with E-state index in [-0.39, 0.29) is 18.7 Å². The molecule has 2 N–H and O–H groups in total. The summed E-state index contributed by atoms with van der Waals surface area (Å²) >= 11 is 0. The lowest BCUT2D eigenvalue weighted by Gasteiger charge is -2.35. The van der Waals surface area contributed by atoms with Crippen LogP contribution >= 0.6 is 0 Å². The van der Waals surface area contributed by atoms with Crippen LogP contribution in [-0.4, -0.2) is 39.2 Å². The molecule has 0 saturated carbocycles. The molecule has 0 fully saturated rings. The van der Waals surface area contributed by atoms with E-state index < -0.39 is 0 Å². The highest BCUT2D eigenvalue weighted by Crippen LogP contribution is 2.34. The molecular weight excluding hydrogens is 376 g/mol. The third kappa shape index (κ3) is 4.33. The van der Waals surface area contributed by atoms with Crippen molar-refractivity contribution in [2.75, 3.05) is 18.5 Å². The molecule has 2 amide bonds. The number of aryl methyl sites for hydroxylation is 2. The van der Waals surface area contributed by atoms with Gasteiger partial charge in [-0.05, 0) is 67.6 Å². The fourth-order valence-electron chi connectivity index (χ4n) is 4.04. The average molecular weight is 402 g/mol. The van der Waals surface area contributed by atoms with E-state index in [2.05, 4.69) is 27.4 Å². The van der Waals surface area contributed by atoms with E-state index >= 15 is 0 Å². The maximum atomic E-state index is 13.1. The van der Waals surface area contributed by atoms with Crippen LogP contribution in [0.2, 0.25) is 0 Å². The van der Waals surface area contributed by atoms with Gasteiger partial charge in [-0.3, -0.25) is 0 Å². The Hall–Kier alpha value is -3.25. The van der Waals surface area contributed by atoms with Gasteiger partial charge in [0.25, 0.3) is 0 Å². The lowest BCUT2D eigenvalue weighted by atomic mass is 9.87. The molecular formula is C24H26N4O2. The third-order valence-electron chi connectivity index (χ3n) is 5.50. The number of carbonyl (C=O) groups is 1. The molecule has 30 heavy (non-hydrogen) atoms. The van der Waals surface area contributed by atoms with E-state index in [1.54, 1.807) is 11.1 Å². The number of hydrogen-bond donors (Lipinski definition) is 2. The van der Waals surface area contributed by atoms with Crippen LogP contribution in [0.3, 0.4) is 0 Å². The van der Waals surface area contributed by atoms with Crippen molar-refractivity contribution in [3.8, 4) is 11.4 Å². The maximum absolute atomic E-state index is 13.1. The highest BCUT2D eigenvalue weighted by atomic mass is 16.3. The van der Waals surface area contributed by atoms with Crippen LogP contribution < -0.4 is 5.32 Å². The number of hydrogen-bond acceptors (Lipinski definition) is 4. The molecule has 0 saturated heterocycles. The minimum atomic E-state index is -0.203.